The van der Waals surface area contributed by atoms with Gasteiger partial charge in [-0.25, -0.2) is 4.79 Å². The molecule has 0 saturated heterocycles. The second-order valence-electron chi connectivity index (χ2n) is 9.61. The summed E-state index contributed by atoms with van der Waals surface area (Å²) >= 11 is 0. The molecule has 4 unspecified atom stereocenters. The number of hydrogen-bond donors (Lipinski definition) is 6. The highest BCUT2D eigenvalue weighted by Gasteiger charge is 2.31. The molecule has 0 fully saturated rings. The lowest BCUT2D eigenvalue weighted by atomic mass is 10.0. The van der Waals surface area contributed by atoms with Crippen LogP contribution in [0.15, 0.2) is 60.7 Å². The fourth-order valence-electron chi connectivity index (χ4n) is 3.87. The molecule has 0 bridgehead atoms. The fourth-order valence-corrected chi connectivity index (χ4v) is 3.87. The second-order valence-corrected chi connectivity index (χ2v) is 9.61. The molecule has 0 heterocycles. The predicted octanol–water partition coefficient (Wildman–Crippen LogP) is 0.859. The molecule has 3 amide bonds. The molecule has 11 nitrogen and oxygen atoms in total. The van der Waals surface area contributed by atoms with Crippen molar-refractivity contribution in [3.8, 4) is 0 Å². The zero-order chi connectivity index (χ0) is 28.9. The zero-order valence-electron chi connectivity index (χ0n) is 22.0. The fraction of sp³-hybridized carbons (Fsp3) is 0.393. The minimum atomic E-state index is -1.35. The normalized spacial score (nSPS) is 13.9. The van der Waals surface area contributed by atoms with Gasteiger partial charge in [-0.2, -0.15) is 0 Å². The molecule has 0 aliphatic rings. The molecule has 210 valence electrons. The summed E-state index contributed by atoms with van der Waals surface area (Å²) in [5.41, 5.74) is 7.67. The Hall–Kier alpha value is -4.25. The van der Waals surface area contributed by atoms with Gasteiger partial charge in [0.1, 0.15) is 18.1 Å². The van der Waals surface area contributed by atoms with E-state index in [9.17, 15) is 29.1 Å². The van der Waals surface area contributed by atoms with Crippen LogP contribution in [0.1, 0.15) is 37.8 Å². The number of nitrogens with one attached hydrogen (secondary N) is 3. The van der Waals surface area contributed by atoms with Crippen molar-refractivity contribution in [2.45, 2.75) is 63.7 Å². The summed E-state index contributed by atoms with van der Waals surface area (Å²) in [6.07, 6.45) is -0.415. The first-order valence-corrected chi connectivity index (χ1v) is 12.7. The Kier molecular flexibility index (Phi) is 12.1. The lowest BCUT2D eigenvalue weighted by Gasteiger charge is -2.26. The van der Waals surface area contributed by atoms with Crippen LogP contribution in [0.2, 0.25) is 0 Å². The van der Waals surface area contributed by atoms with Crippen LogP contribution in [-0.4, -0.2) is 64.0 Å². The summed E-state index contributed by atoms with van der Waals surface area (Å²) in [7, 11) is 0. The molecule has 11 heteroatoms. The maximum absolute atomic E-state index is 13.4. The van der Waals surface area contributed by atoms with Crippen LogP contribution < -0.4 is 21.7 Å². The maximum atomic E-state index is 13.4. The molecule has 0 aromatic heterocycles. The number of amides is 3. The molecular weight excluding hydrogens is 504 g/mol. The number of hydrogen-bond acceptors (Lipinski definition) is 6. The van der Waals surface area contributed by atoms with E-state index in [0.717, 1.165) is 11.1 Å². The maximum Gasteiger partial charge on any atom is 0.326 e. The van der Waals surface area contributed by atoms with Crippen molar-refractivity contribution in [1.82, 2.24) is 16.0 Å². The highest BCUT2D eigenvalue weighted by atomic mass is 16.4. The summed E-state index contributed by atoms with van der Waals surface area (Å²) in [6, 6.07) is 13.3. The molecule has 0 aliphatic carbocycles. The van der Waals surface area contributed by atoms with Crippen LogP contribution in [0.5, 0.6) is 0 Å². The lowest BCUT2D eigenvalue weighted by Crippen LogP contribution is -2.58. The summed E-state index contributed by atoms with van der Waals surface area (Å²) in [5.74, 6) is -5.06. The first-order chi connectivity index (χ1) is 18.5. The molecule has 39 heavy (non-hydrogen) atoms. The Morgan fingerprint density at radius 2 is 1.21 bits per heavy atom. The van der Waals surface area contributed by atoms with Gasteiger partial charge in [0.15, 0.2) is 0 Å². The number of aliphatic carboxylic acids is 2. The number of carbonyl (C=O) groups excluding carboxylic acids is 3. The van der Waals surface area contributed by atoms with Gasteiger partial charge in [-0.15, -0.1) is 0 Å². The van der Waals surface area contributed by atoms with Crippen molar-refractivity contribution in [3.63, 3.8) is 0 Å². The van der Waals surface area contributed by atoms with E-state index in [0.29, 0.717) is 0 Å². The number of benzene rings is 2. The van der Waals surface area contributed by atoms with Gasteiger partial charge in [-0.3, -0.25) is 19.2 Å². The van der Waals surface area contributed by atoms with E-state index in [2.05, 4.69) is 16.0 Å². The van der Waals surface area contributed by atoms with E-state index in [-0.39, 0.29) is 19.3 Å². The average Bonchev–Trinajstić information content (AvgIpc) is 2.89. The number of carbonyl (C=O) groups is 5. The lowest BCUT2D eigenvalue weighted by molar-refractivity contribution is -0.144. The van der Waals surface area contributed by atoms with E-state index in [4.69, 9.17) is 10.8 Å². The summed E-state index contributed by atoms with van der Waals surface area (Å²) in [6.45, 7) is 3.21. The largest absolute Gasteiger partial charge is 0.481 e. The van der Waals surface area contributed by atoms with E-state index in [1.165, 1.54) is 0 Å². The van der Waals surface area contributed by atoms with Crippen LogP contribution in [0.25, 0.3) is 0 Å². The van der Waals surface area contributed by atoms with E-state index >= 15 is 0 Å². The quantitative estimate of drug-likeness (QED) is 0.192. The Morgan fingerprint density at radius 3 is 1.69 bits per heavy atom. The molecule has 0 spiro atoms. The number of carboxylic acids is 2. The van der Waals surface area contributed by atoms with E-state index in [1.54, 1.807) is 44.2 Å². The van der Waals surface area contributed by atoms with Gasteiger partial charge in [0.25, 0.3) is 0 Å². The van der Waals surface area contributed by atoms with Crippen LogP contribution in [0.3, 0.4) is 0 Å². The van der Waals surface area contributed by atoms with Gasteiger partial charge >= 0.3 is 11.9 Å². The summed E-state index contributed by atoms with van der Waals surface area (Å²) in [4.78, 5) is 62.0. The monoisotopic (exact) mass is 540 g/mol. The van der Waals surface area contributed by atoms with Crippen LogP contribution in [0, 0.1) is 5.92 Å². The third kappa shape index (κ3) is 10.6. The van der Waals surface area contributed by atoms with E-state index < -0.39 is 66.2 Å². The summed E-state index contributed by atoms with van der Waals surface area (Å²) < 4.78 is 0. The molecule has 7 N–H and O–H groups in total. The zero-order valence-corrected chi connectivity index (χ0v) is 22.0. The molecule has 0 radical (unpaired) electrons. The highest BCUT2D eigenvalue weighted by molar-refractivity contribution is 5.94. The Balaban J connectivity index is 2.23. The minimum absolute atomic E-state index is 0.0769. The topological polar surface area (TPSA) is 188 Å². The molecule has 2 rings (SSSR count). The molecule has 4 atom stereocenters. The third-order valence-corrected chi connectivity index (χ3v) is 6.06. The van der Waals surface area contributed by atoms with Crippen molar-refractivity contribution in [1.29, 1.82) is 0 Å². The minimum Gasteiger partial charge on any atom is -0.481 e. The van der Waals surface area contributed by atoms with Gasteiger partial charge < -0.3 is 31.9 Å². The Labute approximate surface area is 227 Å². The Morgan fingerprint density at radius 1 is 0.718 bits per heavy atom. The number of rotatable bonds is 15. The van der Waals surface area contributed by atoms with E-state index in [1.807, 2.05) is 30.3 Å². The SMILES string of the molecule is CC(C)C(NC(=O)C(CCC(=O)O)NC(=O)C(Cc1ccccc1)NC(=O)C(N)Cc1ccccc1)C(=O)O. The first kappa shape index (κ1) is 31.0. The second kappa shape index (κ2) is 15.2. The van der Waals surface area contributed by atoms with Crippen molar-refractivity contribution in [2.24, 2.45) is 11.7 Å². The summed E-state index contributed by atoms with van der Waals surface area (Å²) in [5, 5.41) is 26.1. The number of nitrogens with two attached hydrogens (primary N) is 1. The average molecular weight is 541 g/mol. The number of carboxylic acid groups (broad SMARTS) is 2. The highest BCUT2D eigenvalue weighted by Crippen LogP contribution is 2.09. The van der Waals surface area contributed by atoms with Gasteiger partial charge in [-0.05, 0) is 29.9 Å². The van der Waals surface area contributed by atoms with Gasteiger partial charge in [0.2, 0.25) is 17.7 Å². The molecule has 2 aromatic carbocycles. The van der Waals surface area contributed by atoms with Crippen LogP contribution in [-0.2, 0) is 36.8 Å². The molecule has 2 aromatic rings. The van der Waals surface area contributed by atoms with Crippen molar-refractivity contribution < 1.29 is 34.2 Å². The van der Waals surface area contributed by atoms with Gasteiger partial charge in [0.05, 0.1) is 6.04 Å². The van der Waals surface area contributed by atoms with Crippen molar-refractivity contribution in [2.75, 3.05) is 0 Å². The van der Waals surface area contributed by atoms with Crippen LogP contribution >= 0.6 is 0 Å². The van der Waals surface area contributed by atoms with Crippen molar-refractivity contribution in [3.05, 3.63) is 71.8 Å². The Bertz CT molecular complexity index is 1130. The smallest absolute Gasteiger partial charge is 0.326 e. The van der Waals surface area contributed by atoms with Crippen molar-refractivity contribution >= 4 is 29.7 Å². The first-order valence-electron chi connectivity index (χ1n) is 12.7. The van der Waals surface area contributed by atoms with Gasteiger partial charge in [0, 0.05) is 12.8 Å². The molecule has 0 saturated carbocycles. The third-order valence-electron chi connectivity index (χ3n) is 6.06. The molecular formula is C28H36N4O7. The predicted molar refractivity (Wildman–Crippen MR) is 143 cm³/mol. The molecule has 0 aliphatic heterocycles. The standard InChI is InChI=1S/C28H36N4O7/c1-17(2)24(28(38)39)32-26(36)21(13-14-23(33)34)30-27(37)22(16-19-11-7-4-8-12-19)31-25(35)20(29)15-18-9-5-3-6-10-18/h3-12,17,20-22,24H,13-16,29H2,1-2H3,(H,30,37)(H,31,35)(H,32,36)(H,33,34)(H,38,39). The van der Waals surface area contributed by atoms with Gasteiger partial charge in [-0.1, -0.05) is 74.5 Å². The van der Waals surface area contributed by atoms with Crippen LogP contribution in [0.4, 0.5) is 0 Å².